The van der Waals surface area contributed by atoms with Crippen molar-refractivity contribution in [3.05, 3.63) is 73.2 Å². The summed E-state index contributed by atoms with van der Waals surface area (Å²) < 4.78 is 68.3. The van der Waals surface area contributed by atoms with Crippen LogP contribution in [0.3, 0.4) is 0 Å². The largest absolute Gasteiger partial charge is 0.491 e. The van der Waals surface area contributed by atoms with E-state index in [1.54, 1.807) is 0 Å². The van der Waals surface area contributed by atoms with Crippen LogP contribution in [0.4, 0.5) is 33.2 Å². The van der Waals surface area contributed by atoms with Crippen molar-refractivity contribution in [2.75, 3.05) is 36.2 Å². The Labute approximate surface area is 187 Å². The minimum atomic E-state index is -2.75. The number of halogens is 1. The van der Waals surface area contributed by atoms with E-state index in [1.165, 1.54) is 42.5 Å². The molecule has 0 fully saturated rings. The van der Waals surface area contributed by atoms with E-state index in [2.05, 4.69) is 37.2 Å². The normalized spacial score (nSPS) is 14.0. The highest BCUT2D eigenvalue weighted by molar-refractivity contribution is 5.99. The van der Waals surface area contributed by atoms with E-state index >= 15 is 0 Å². The Morgan fingerprint density at radius 2 is 2.06 bits per heavy atom. The highest BCUT2D eigenvalue weighted by Gasteiger charge is 2.09. The molecule has 0 saturated heterocycles. The lowest BCUT2D eigenvalue weighted by Gasteiger charge is -2.11. The third-order valence-corrected chi connectivity index (χ3v) is 3.68. The molecule has 160 valence electrons. The van der Waals surface area contributed by atoms with Gasteiger partial charge in [-0.05, 0) is 48.5 Å². The fourth-order valence-electron chi connectivity index (χ4n) is 2.34. The summed E-state index contributed by atoms with van der Waals surface area (Å²) in [6, 6.07) is 10.3. The Bertz CT molecular complexity index is 1270. The predicted molar refractivity (Wildman–Crippen MR) is 118 cm³/mol. The molecule has 0 aliphatic heterocycles. The van der Waals surface area contributed by atoms with Crippen molar-refractivity contribution in [1.29, 1.82) is 0 Å². The number of rotatable bonds is 10. The summed E-state index contributed by atoms with van der Waals surface area (Å²) in [5, 5.41) is 8.15. The fourth-order valence-corrected chi connectivity index (χ4v) is 2.34. The van der Waals surface area contributed by atoms with Gasteiger partial charge in [0, 0.05) is 24.1 Å². The van der Waals surface area contributed by atoms with E-state index in [-0.39, 0.29) is 23.6 Å². The highest BCUT2D eigenvalue weighted by Crippen LogP contribution is 2.23. The van der Waals surface area contributed by atoms with Crippen LogP contribution in [0.1, 0.15) is 8.22 Å². The molecule has 0 spiro atoms. The first-order valence-electron chi connectivity index (χ1n) is 11.9. The molecule has 2 aromatic carbocycles. The number of nitrogens with one attached hydrogen (secondary N) is 3. The van der Waals surface area contributed by atoms with E-state index < -0.39 is 31.9 Å². The Hall–Kier alpha value is -3.98. The lowest BCUT2D eigenvalue weighted by Crippen LogP contribution is -2.07. The zero-order valence-electron chi connectivity index (χ0n) is 22.1. The van der Waals surface area contributed by atoms with Crippen LogP contribution in [0, 0.1) is 5.82 Å². The van der Waals surface area contributed by atoms with Crippen LogP contribution in [-0.2, 0) is 9.53 Å². The molecule has 0 bridgehead atoms. The summed E-state index contributed by atoms with van der Waals surface area (Å²) in [4.78, 5) is 19.5. The molecule has 8 nitrogen and oxygen atoms in total. The second-order valence-electron chi connectivity index (χ2n) is 5.90. The van der Waals surface area contributed by atoms with Gasteiger partial charge >= 0.3 is 0 Å². The minimum Gasteiger partial charge on any atom is -0.491 e. The van der Waals surface area contributed by atoms with Crippen LogP contribution >= 0.6 is 0 Å². The SMILES string of the molecule is [2H]c1cc(NC(=O)C=C)cc(Nc2nc(Nc3ccc(OC([2H])([2H])COC([2H])([2H])[2H])cc3)ncc2F)c1. The van der Waals surface area contributed by atoms with Crippen LogP contribution in [-0.4, -0.2) is 36.1 Å². The van der Waals surface area contributed by atoms with Gasteiger partial charge in [0.1, 0.15) is 12.3 Å². The number of carbonyl (C=O) groups excluding carboxylic acids is 1. The number of hydrogen-bond acceptors (Lipinski definition) is 7. The zero-order chi connectivity index (χ0) is 27.2. The van der Waals surface area contributed by atoms with Crippen molar-refractivity contribution < 1.29 is 26.9 Å². The van der Waals surface area contributed by atoms with Gasteiger partial charge in [0.25, 0.3) is 0 Å². The Balaban J connectivity index is 1.69. The van der Waals surface area contributed by atoms with Crippen molar-refractivity contribution in [1.82, 2.24) is 9.97 Å². The molecule has 1 heterocycles. The van der Waals surface area contributed by atoms with Crippen LogP contribution in [0.2, 0.25) is 0 Å². The topological polar surface area (TPSA) is 97.4 Å². The second-order valence-corrected chi connectivity index (χ2v) is 5.90. The van der Waals surface area contributed by atoms with Gasteiger partial charge < -0.3 is 25.4 Å². The number of aromatic nitrogens is 2. The fraction of sp³-hybridized carbons (Fsp3) is 0.136. The summed E-state index contributed by atoms with van der Waals surface area (Å²) in [7, 11) is -2.75. The van der Waals surface area contributed by atoms with Crippen LogP contribution < -0.4 is 20.7 Å². The molecule has 9 heteroatoms. The molecule has 1 amide bonds. The van der Waals surface area contributed by atoms with Crippen molar-refractivity contribution in [3.8, 4) is 5.75 Å². The summed E-state index contributed by atoms with van der Waals surface area (Å²) in [6.45, 7) is 0.187. The van der Waals surface area contributed by atoms with Gasteiger partial charge in [0.05, 0.1) is 21.0 Å². The van der Waals surface area contributed by atoms with Gasteiger partial charge in [-0.25, -0.2) is 9.37 Å². The monoisotopic (exact) mass is 429 g/mol. The van der Waals surface area contributed by atoms with Crippen LogP contribution in [0.15, 0.2) is 67.4 Å². The molecule has 1 aromatic heterocycles. The number of ether oxygens (including phenoxy) is 2. The predicted octanol–water partition coefficient (Wildman–Crippen LogP) is 4.25. The molecule has 0 saturated carbocycles. The Morgan fingerprint density at radius 1 is 1.26 bits per heavy atom. The first-order valence-corrected chi connectivity index (χ1v) is 8.87. The highest BCUT2D eigenvalue weighted by atomic mass is 19.1. The molecule has 0 radical (unpaired) electrons. The van der Waals surface area contributed by atoms with Gasteiger partial charge in [0.15, 0.2) is 11.6 Å². The van der Waals surface area contributed by atoms with Gasteiger partial charge in [0.2, 0.25) is 11.9 Å². The molecule has 0 aliphatic carbocycles. The van der Waals surface area contributed by atoms with E-state index in [0.29, 0.717) is 17.1 Å². The molecule has 3 aromatic rings. The molecule has 3 rings (SSSR count). The van der Waals surface area contributed by atoms with E-state index in [9.17, 15) is 9.18 Å². The summed E-state index contributed by atoms with van der Waals surface area (Å²) in [5.41, 5.74) is 1.07. The third-order valence-electron chi connectivity index (χ3n) is 3.68. The maximum Gasteiger partial charge on any atom is 0.247 e. The zero-order valence-corrected chi connectivity index (χ0v) is 16.1. The number of carbonyl (C=O) groups is 1. The van der Waals surface area contributed by atoms with Crippen LogP contribution in [0.5, 0.6) is 5.75 Å². The maximum atomic E-state index is 14.4. The number of hydrogen-bond donors (Lipinski definition) is 3. The Morgan fingerprint density at radius 3 is 2.84 bits per heavy atom. The van der Waals surface area contributed by atoms with Crippen molar-refractivity contribution in [2.45, 2.75) is 0 Å². The first-order chi connectivity index (χ1) is 17.3. The summed E-state index contributed by atoms with van der Waals surface area (Å²) in [5.74, 6) is -1.27. The van der Waals surface area contributed by atoms with Crippen molar-refractivity contribution >= 4 is 34.7 Å². The number of anilines is 5. The summed E-state index contributed by atoms with van der Waals surface area (Å²) in [6.07, 6.45) is 2.02. The van der Waals surface area contributed by atoms with Gasteiger partial charge in [-0.1, -0.05) is 12.6 Å². The average Bonchev–Trinajstić information content (AvgIpc) is 2.80. The van der Waals surface area contributed by atoms with Gasteiger partial charge in [-0.2, -0.15) is 4.98 Å². The maximum absolute atomic E-state index is 14.4. The van der Waals surface area contributed by atoms with Crippen LogP contribution in [0.25, 0.3) is 0 Å². The number of methoxy groups -OCH3 is 1. The Kier molecular flexibility index (Phi) is 5.15. The second kappa shape index (κ2) is 10.7. The number of benzene rings is 2. The van der Waals surface area contributed by atoms with Gasteiger partial charge in [-0.3, -0.25) is 4.79 Å². The smallest absolute Gasteiger partial charge is 0.247 e. The van der Waals surface area contributed by atoms with Crippen molar-refractivity contribution in [3.63, 3.8) is 0 Å². The first kappa shape index (κ1) is 14.9. The molecule has 3 N–H and O–H groups in total. The third kappa shape index (κ3) is 6.51. The molecule has 0 aliphatic rings. The summed E-state index contributed by atoms with van der Waals surface area (Å²) >= 11 is 0. The standard InChI is InChI=1S/C22H22FN5O3/c1-3-20(29)25-16-5-4-6-17(13-16)26-21-19(23)14-24-22(28-21)27-15-7-9-18(10-8-15)31-12-11-30-2/h3-10,13-14H,1,11-12H2,2H3,(H,25,29)(H2,24,26,27,28)/i2D3,4D,12D2. The van der Waals surface area contributed by atoms with E-state index in [0.717, 1.165) is 12.3 Å². The molecular formula is C22H22FN5O3. The van der Waals surface area contributed by atoms with E-state index in [4.69, 9.17) is 13.0 Å². The quantitative estimate of drug-likeness (QED) is 0.415. The molecular weight excluding hydrogens is 401 g/mol. The van der Waals surface area contributed by atoms with Crippen molar-refractivity contribution in [2.24, 2.45) is 0 Å². The molecule has 0 atom stereocenters. The van der Waals surface area contributed by atoms with Gasteiger partial charge in [-0.15, -0.1) is 0 Å². The number of amides is 1. The molecule has 0 unspecified atom stereocenters. The molecule has 31 heavy (non-hydrogen) atoms. The lowest BCUT2D eigenvalue weighted by molar-refractivity contribution is -0.111. The van der Waals surface area contributed by atoms with E-state index in [1.807, 2.05) is 0 Å². The number of nitrogens with zero attached hydrogens (tertiary/aromatic N) is 2. The lowest BCUT2D eigenvalue weighted by atomic mass is 10.2. The average molecular weight is 429 g/mol. The minimum absolute atomic E-state index is 0.0289.